The van der Waals surface area contributed by atoms with E-state index in [0.29, 0.717) is 6.07 Å². The predicted octanol–water partition coefficient (Wildman–Crippen LogP) is 4.88. The predicted molar refractivity (Wildman–Crippen MR) is 74.2 cm³/mol. The standard InChI is InChI=1S/C15H11BrF4O/c16-11-4-1-9(2-5-11)7-14(21)10-3-6-12(13(17)8-10)15(18,19)20/h1-6,8,14,21H,7H2. The lowest BCUT2D eigenvalue weighted by Gasteiger charge is -2.14. The number of hydrogen-bond acceptors (Lipinski definition) is 1. The lowest BCUT2D eigenvalue weighted by Crippen LogP contribution is -2.10. The molecule has 0 aromatic heterocycles. The molecule has 0 spiro atoms. The molecule has 0 radical (unpaired) electrons. The minimum atomic E-state index is -4.74. The number of rotatable bonds is 3. The average molecular weight is 363 g/mol. The van der Waals surface area contributed by atoms with Crippen LogP contribution in [-0.2, 0) is 12.6 Å². The summed E-state index contributed by atoms with van der Waals surface area (Å²) in [5.74, 6) is -1.38. The zero-order chi connectivity index (χ0) is 15.6. The second kappa shape index (κ2) is 6.15. The highest BCUT2D eigenvalue weighted by molar-refractivity contribution is 9.10. The highest BCUT2D eigenvalue weighted by Crippen LogP contribution is 2.32. The second-order valence-corrected chi connectivity index (χ2v) is 5.50. The molecular weight excluding hydrogens is 352 g/mol. The number of aliphatic hydroxyl groups is 1. The molecule has 0 saturated heterocycles. The third-order valence-electron chi connectivity index (χ3n) is 3.03. The van der Waals surface area contributed by atoms with Gasteiger partial charge in [0.1, 0.15) is 5.82 Å². The summed E-state index contributed by atoms with van der Waals surface area (Å²) >= 11 is 3.27. The second-order valence-electron chi connectivity index (χ2n) is 4.58. The Morgan fingerprint density at radius 3 is 2.19 bits per heavy atom. The lowest BCUT2D eigenvalue weighted by atomic mass is 10.00. The smallest absolute Gasteiger partial charge is 0.388 e. The van der Waals surface area contributed by atoms with Gasteiger partial charge in [0, 0.05) is 10.9 Å². The summed E-state index contributed by atoms with van der Waals surface area (Å²) in [5.41, 5.74) is -0.420. The summed E-state index contributed by atoms with van der Waals surface area (Å²) in [6.45, 7) is 0. The molecule has 1 nitrogen and oxygen atoms in total. The molecular formula is C15H11BrF4O. The number of benzene rings is 2. The summed E-state index contributed by atoms with van der Waals surface area (Å²) in [6, 6.07) is 9.59. The Morgan fingerprint density at radius 2 is 1.67 bits per heavy atom. The maximum atomic E-state index is 13.5. The van der Waals surface area contributed by atoms with Crippen molar-refractivity contribution >= 4 is 15.9 Å². The van der Waals surface area contributed by atoms with Crippen molar-refractivity contribution in [2.45, 2.75) is 18.7 Å². The first-order valence-corrected chi connectivity index (χ1v) is 6.86. The van der Waals surface area contributed by atoms with E-state index in [4.69, 9.17) is 0 Å². The minimum absolute atomic E-state index is 0.114. The molecule has 0 heterocycles. The first-order valence-electron chi connectivity index (χ1n) is 6.06. The normalized spacial score (nSPS) is 13.2. The van der Waals surface area contributed by atoms with Crippen molar-refractivity contribution in [1.29, 1.82) is 0 Å². The van der Waals surface area contributed by atoms with Gasteiger partial charge in [0.2, 0.25) is 0 Å². The van der Waals surface area contributed by atoms with Crippen LogP contribution in [0.3, 0.4) is 0 Å². The Morgan fingerprint density at radius 1 is 1.05 bits per heavy atom. The van der Waals surface area contributed by atoms with Gasteiger partial charge in [0.15, 0.2) is 0 Å². The molecule has 0 aliphatic rings. The summed E-state index contributed by atoms with van der Waals surface area (Å²) in [5, 5.41) is 10.0. The monoisotopic (exact) mass is 362 g/mol. The number of halogens is 5. The van der Waals surface area contributed by atoms with E-state index in [9.17, 15) is 22.7 Å². The Balaban J connectivity index is 2.18. The maximum absolute atomic E-state index is 13.5. The van der Waals surface area contributed by atoms with Crippen LogP contribution < -0.4 is 0 Å². The van der Waals surface area contributed by atoms with Crippen molar-refractivity contribution < 1.29 is 22.7 Å². The molecule has 0 aliphatic heterocycles. The van der Waals surface area contributed by atoms with Gasteiger partial charge in [0.05, 0.1) is 11.7 Å². The molecule has 1 N–H and O–H groups in total. The zero-order valence-electron chi connectivity index (χ0n) is 10.7. The molecule has 0 saturated carbocycles. The fourth-order valence-corrected chi connectivity index (χ4v) is 2.19. The minimum Gasteiger partial charge on any atom is -0.388 e. The van der Waals surface area contributed by atoms with Crippen LogP contribution in [0.4, 0.5) is 17.6 Å². The molecule has 1 unspecified atom stereocenters. The largest absolute Gasteiger partial charge is 0.419 e. The highest BCUT2D eigenvalue weighted by atomic mass is 79.9. The first-order chi connectivity index (χ1) is 9.77. The van der Waals surface area contributed by atoms with Crippen LogP contribution in [0.2, 0.25) is 0 Å². The van der Waals surface area contributed by atoms with Crippen molar-refractivity contribution in [2.75, 3.05) is 0 Å². The molecule has 2 aromatic rings. The third-order valence-corrected chi connectivity index (χ3v) is 3.55. The van der Waals surface area contributed by atoms with E-state index in [0.717, 1.165) is 22.2 Å². The molecule has 1 atom stereocenters. The van der Waals surface area contributed by atoms with Gasteiger partial charge in [-0.05, 0) is 35.4 Å². The van der Waals surface area contributed by atoms with E-state index < -0.39 is 23.7 Å². The van der Waals surface area contributed by atoms with Crippen molar-refractivity contribution in [2.24, 2.45) is 0 Å². The molecule has 0 amide bonds. The third kappa shape index (κ3) is 4.04. The SMILES string of the molecule is OC(Cc1ccc(Br)cc1)c1ccc(C(F)(F)F)c(F)c1. The van der Waals surface area contributed by atoms with Crippen LogP contribution in [0.5, 0.6) is 0 Å². The molecule has 0 aliphatic carbocycles. The van der Waals surface area contributed by atoms with Crippen molar-refractivity contribution in [3.63, 3.8) is 0 Å². The molecule has 0 bridgehead atoms. The van der Waals surface area contributed by atoms with E-state index >= 15 is 0 Å². The number of alkyl halides is 3. The van der Waals surface area contributed by atoms with Crippen LogP contribution in [-0.4, -0.2) is 5.11 Å². The lowest BCUT2D eigenvalue weighted by molar-refractivity contribution is -0.140. The van der Waals surface area contributed by atoms with E-state index in [2.05, 4.69) is 15.9 Å². The number of aliphatic hydroxyl groups excluding tert-OH is 1. The van der Waals surface area contributed by atoms with Crippen LogP contribution in [0.1, 0.15) is 22.8 Å². The van der Waals surface area contributed by atoms with Gasteiger partial charge in [-0.25, -0.2) is 4.39 Å². The Hall–Kier alpha value is -1.40. The molecule has 2 aromatic carbocycles. The van der Waals surface area contributed by atoms with Crippen molar-refractivity contribution in [1.82, 2.24) is 0 Å². The molecule has 21 heavy (non-hydrogen) atoms. The van der Waals surface area contributed by atoms with E-state index in [-0.39, 0.29) is 12.0 Å². The van der Waals surface area contributed by atoms with Gasteiger partial charge in [-0.15, -0.1) is 0 Å². The Kier molecular flexibility index (Phi) is 4.68. The van der Waals surface area contributed by atoms with E-state index in [1.54, 1.807) is 24.3 Å². The summed E-state index contributed by atoms with van der Waals surface area (Å²) in [4.78, 5) is 0. The Labute approximate surface area is 127 Å². The molecule has 0 fully saturated rings. The van der Waals surface area contributed by atoms with Gasteiger partial charge in [-0.2, -0.15) is 13.2 Å². The van der Waals surface area contributed by atoms with Crippen molar-refractivity contribution in [3.8, 4) is 0 Å². The Bertz CT molecular complexity index is 623. The highest BCUT2D eigenvalue weighted by Gasteiger charge is 2.34. The quantitative estimate of drug-likeness (QED) is 0.771. The van der Waals surface area contributed by atoms with Crippen molar-refractivity contribution in [3.05, 3.63) is 69.4 Å². The van der Waals surface area contributed by atoms with Crippen LogP contribution in [0.15, 0.2) is 46.9 Å². The van der Waals surface area contributed by atoms with E-state index in [1.165, 1.54) is 0 Å². The zero-order valence-corrected chi connectivity index (χ0v) is 12.2. The van der Waals surface area contributed by atoms with Gasteiger partial charge < -0.3 is 5.11 Å². The average Bonchev–Trinajstić information content (AvgIpc) is 2.39. The number of hydrogen-bond donors (Lipinski definition) is 1. The fourth-order valence-electron chi connectivity index (χ4n) is 1.93. The van der Waals surface area contributed by atoms with Crippen LogP contribution in [0.25, 0.3) is 0 Å². The summed E-state index contributed by atoms with van der Waals surface area (Å²) in [7, 11) is 0. The topological polar surface area (TPSA) is 20.2 Å². The van der Waals surface area contributed by atoms with Gasteiger partial charge >= 0.3 is 6.18 Å². The maximum Gasteiger partial charge on any atom is 0.419 e. The van der Waals surface area contributed by atoms with Gasteiger partial charge in [0.25, 0.3) is 0 Å². The van der Waals surface area contributed by atoms with E-state index in [1.807, 2.05) is 0 Å². The summed E-state index contributed by atoms with van der Waals surface area (Å²) < 4.78 is 51.7. The van der Waals surface area contributed by atoms with Gasteiger partial charge in [-0.1, -0.05) is 34.1 Å². The molecule has 2 rings (SSSR count). The van der Waals surface area contributed by atoms with Crippen LogP contribution in [0, 0.1) is 5.82 Å². The fraction of sp³-hybridized carbons (Fsp3) is 0.200. The molecule has 112 valence electrons. The summed E-state index contributed by atoms with van der Waals surface area (Å²) in [6.07, 6.45) is -5.61. The first kappa shape index (κ1) is 16.0. The van der Waals surface area contributed by atoms with Crippen LogP contribution >= 0.6 is 15.9 Å². The molecule has 6 heteroatoms. The van der Waals surface area contributed by atoms with Gasteiger partial charge in [-0.3, -0.25) is 0 Å².